The third-order valence-corrected chi connectivity index (χ3v) is 7.56. The number of anilines is 3. The number of aliphatic hydroxyl groups is 1. The van der Waals surface area contributed by atoms with Crippen LogP contribution in [0.5, 0.6) is 5.75 Å². The van der Waals surface area contributed by atoms with Gasteiger partial charge in [-0.1, -0.05) is 0 Å². The van der Waals surface area contributed by atoms with Gasteiger partial charge in [-0.3, -0.25) is 4.90 Å². The number of tetrazole rings is 1. The number of hydrogen-bond donors (Lipinski definition) is 3. The first-order valence-corrected chi connectivity index (χ1v) is 13.4. The number of aliphatic hydroxyl groups excluding tert-OH is 1. The zero-order valence-electron chi connectivity index (χ0n) is 26.3. The Labute approximate surface area is 241 Å². The van der Waals surface area contributed by atoms with E-state index < -0.39 is 30.7 Å². The summed E-state index contributed by atoms with van der Waals surface area (Å²) in [6.07, 6.45) is 5.37. The van der Waals surface area contributed by atoms with Gasteiger partial charge in [0.25, 0.3) is 0 Å². The highest BCUT2D eigenvalue weighted by molar-refractivity contribution is 5.69. The fraction of sp³-hybridized carbons (Fsp3) is 0.556. The summed E-state index contributed by atoms with van der Waals surface area (Å²) in [5, 5.41) is 23.0. The average Bonchev–Trinajstić information content (AvgIpc) is 3.57. The van der Waals surface area contributed by atoms with Crippen molar-refractivity contribution in [1.82, 2.24) is 34.7 Å². The molecule has 2 aromatic heterocycles. The Morgan fingerprint density at radius 3 is 2.88 bits per heavy atom. The lowest BCUT2D eigenvalue weighted by molar-refractivity contribution is 0.0408. The molecule has 1 aromatic carbocycles. The second-order valence-corrected chi connectivity index (χ2v) is 11.7. The van der Waals surface area contributed by atoms with Crippen LogP contribution in [-0.2, 0) is 6.98 Å². The van der Waals surface area contributed by atoms with Gasteiger partial charge in [0.05, 0.1) is 18.9 Å². The second-order valence-electron chi connectivity index (χ2n) is 11.7. The first-order valence-electron chi connectivity index (χ1n) is 14.9. The van der Waals surface area contributed by atoms with Gasteiger partial charge in [0, 0.05) is 41.0 Å². The highest BCUT2D eigenvalue weighted by Gasteiger charge is 2.43. The van der Waals surface area contributed by atoms with E-state index in [0.717, 1.165) is 38.3 Å². The maximum Gasteiger partial charge on any atom is 0.368 e. The van der Waals surface area contributed by atoms with Crippen molar-refractivity contribution in [2.45, 2.75) is 76.6 Å². The van der Waals surface area contributed by atoms with Crippen molar-refractivity contribution in [3.05, 3.63) is 46.0 Å². The van der Waals surface area contributed by atoms with Crippen molar-refractivity contribution in [2.24, 2.45) is 6.98 Å². The van der Waals surface area contributed by atoms with Gasteiger partial charge in [-0.05, 0) is 76.4 Å². The summed E-state index contributed by atoms with van der Waals surface area (Å²) in [6.45, 7) is 12.9. The van der Waals surface area contributed by atoms with Crippen molar-refractivity contribution >= 4 is 23.1 Å². The number of fused-ring (bicyclic) bond motifs is 1. The van der Waals surface area contributed by atoms with Gasteiger partial charge in [-0.15, -0.1) is 0 Å². The molecule has 2 aliphatic heterocycles. The topological polar surface area (TPSA) is 140 Å². The second kappa shape index (κ2) is 10.7. The number of hydrogen-bond acceptors (Lipinski definition) is 10. The minimum Gasteiger partial charge on any atom is -0.483 e. The van der Waals surface area contributed by atoms with Gasteiger partial charge in [-0.25, -0.2) is 24.0 Å². The Kier molecular flexibility index (Phi) is 6.45. The van der Waals surface area contributed by atoms with Crippen molar-refractivity contribution in [2.75, 3.05) is 23.8 Å². The SMILES string of the molecule is [2H]C([2H])([2H])n1nnn(-c2cc(Nc3ncc([N+]#[C-])c(N[C@@H]4C[C@@H]5CCCN5C(C)(C)C4)n3)c(F)cc2OC(C)(C)CO)c1=O. The molecular weight excluding hydrogens is 531 g/mol. The number of aryl methyl sites for hydroxylation is 1. The van der Waals surface area contributed by atoms with E-state index in [1.54, 1.807) is 13.8 Å². The highest BCUT2D eigenvalue weighted by atomic mass is 19.1. The molecule has 0 bridgehead atoms. The Morgan fingerprint density at radius 1 is 1.37 bits per heavy atom. The van der Waals surface area contributed by atoms with E-state index >= 15 is 4.39 Å². The van der Waals surface area contributed by atoms with Crippen LogP contribution in [0.25, 0.3) is 10.5 Å². The summed E-state index contributed by atoms with van der Waals surface area (Å²) in [7, 11) is 0. The number of ether oxygens (including phenoxy) is 1. The lowest BCUT2D eigenvalue weighted by atomic mass is 9.84. The van der Waals surface area contributed by atoms with Gasteiger partial charge in [0.1, 0.15) is 22.9 Å². The van der Waals surface area contributed by atoms with E-state index in [-0.39, 0.29) is 45.0 Å². The number of benzene rings is 1. The maximum absolute atomic E-state index is 15.5. The van der Waals surface area contributed by atoms with Crippen LogP contribution in [0.3, 0.4) is 0 Å². The molecule has 3 N–H and O–H groups in total. The van der Waals surface area contributed by atoms with E-state index in [1.165, 1.54) is 12.3 Å². The molecule has 0 spiro atoms. The molecule has 0 radical (unpaired) electrons. The first kappa shape index (κ1) is 24.7. The van der Waals surface area contributed by atoms with Gasteiger partial charge < -0.3 is 20.5 Å². The molecule has 0 aliphatic carbocycles. The van der Waals surface area contributed by atoms with Crippen molar-refractivity contribution in [3.63, 3.8) is 0 Å². The smallest absolute Gasteiger partial charge is 0.368 e. The van der Waals surface area contributed by atoms with Crippen LogP contribution in [0.1, 0.15) is 57.5 Å². The first-order chi connectivity index (χ1) is 20.6. The number of nitrogens with one attached hydrogen (secondary N) is 2. The van der Waals surface area contributed by atoms with Crippen LogP contribution in [0.2, 0.25) is 0 Å². The minimum atomic E-state index is -2.91. The minimum absolute atomic E-state index is 0.0170. The van der Waals surface area contributed by atoms with E-state index in [1.807, 2.05) is 0 Å². The van der Waals surface area contributed by atoms with E-state index in [2.05, 4.69) is 54.6 Å². The van der Waals surface area contributed by atoms with Gasteiger partial charge in [-0.2, -0.15) is 9.36 Å². The van der Waals surface area contributed by atoms with Crippen LogP contribution in [-0.4, -0.2) is 76.1 Å². The molecule has 41 heavy (non-hydrogen) atoms. The quantitative estimate of drug-likeness (QED) is 0.347. The van der Waals surface area contributed by atoms with Gasteiger partial charge >= 0.3 is 5.69 Å². The van der Waals surface area contributed by atoms with Crippen molar-refractivity contribution in [1.29, 1.82) is 0 Å². The summed E-state index contributed by atoms with van der Waals surface area (Å²) in [6, 6.07) is 2.66. The Hall–Kier alpha value is -4.09. The lowest BCUT2D eigenvalue weighted by Gasteiger charge is -2.48. The van der Waals surface area contributed by atoms with Crippen LogP contribution >= 0.6 is 0 Å². The Morgan fingerprint density at radius 2 is 2.17 bits per heavy atom. The van der Waals surface area contributed by atoms with E-state index in [0.29, 0.717) is 16.5 Å². The van der Waals surface area contributed by atoms with Crippen LogP contribution in [0, 0.1) is 12.4 Å². The van der Waals surface area contributed by atoms with Gasteiger partial charge in [0.2, 0.25) is 11.6 Å². The number of halogens is 1. The molecule has 13 nitrogen and oxygen atoms in total. The molecule has 2 aliphatic rings. The largest absolute Gasteiger partial charge is 0.483 e. The molecule has 3 aromatic rings. The fourth-order valence-corrected chi connectivity index (χ4v) is 5.67. The molecule has 14 heteroatoms. The third kappa shape index (κ3) is 5.73. The molecule has 5 rings (SSSR count). The maximum atomic E-state index is 15.5. The normalized spacial score (nSPS) is 21.7. The zero-order chi connectivity index (χ0) is 32.0. The Bertz CT molecular complexity index is 1650. The van der Waals surface area contributed by atoms with Crippen molar-refractivity contribution < 1.29 is 18.3 Å². The number of nitrogens with zero attached hydrogens (tertiary/aromatic N) is 8. The molecule has 0 saturated carbocycles. The number of rotatable bonds is 8. The van der Waals surface area contributed by atoms with E-state index in [4.69, 9.17) is 15.4 Å². The fourth-order valence-electron chi connectivity index (χ4n) is 5.67. The summed E-state index contributed by atoms with van der Waals surface area (Å²) in [5.74, 6) is -0.729. The van der Waals surface area contributed by atoms with Crippen LogP contribution in [0.15, 0.2) is 23.1 Å². The summed E-state index contributed by atoms with van der Waals surface area (Å²) in [5.41, 5.74) is -2.44. The van der Waals surface area contributed by atoms with Crippen LogP contribution in [0.4, 0.5) is 27.5 Å². The monoisotopic (exact) mass is 569 g/mol. The zero-order valence-corrected chi connectivity index (χ0v) is 23.3. The number of aromatic nitrogens is 6. The number of piperidine rings is 1. The summed E-state index contributed by atoms with van der Waals surface area (Å²) in [4.78, 5) is 27.7. The predicted molar refractivity (Wildman–Crippen MR) is 150 cm³/mol. The Balaban J connectivity index is 1.49. The van der Waals surface area contributed by atoms with Crippen LogP contribution < -0.4 is 21.1 Å². The lowest BCUT2D eigenvalue weighted by Crippen LogP contribution is -2.55. The summed E-state index contributed by atoms with van der Waals surface area (Å²) >= 11 is 0. The van der Waals surface area contributed by atoms with E-state index in [9.17, 15) is 9.90 Å². The standard InChI is InChI=1S/C27H35FN10O3/c1-26(2)13-16(10-17-8-7-9-37(17)26)31-23-20(29-5)14-30-24(33-23)32-19-12-21(38-25(40)36(6)34-35-38)22(11-18(19)28)41-27(3,4)15-39/h11-12,14,16-17,39H,7-10,13,15H2,1-4,6H3,(H2,30,31,32,33)/t16-,17+/m1/s1/i6D3. The molecule has 2 atom stereocenters. The predicted octanol–water partition coefficient (Wildman–Crippen LogP) is 3.16. The highest BCUT2D eigenvalue weighted by Crippen LogP contribution is 2.39. The molecule has 2 saturated heterocycles. The molecule has 0 amide bonds. The molecule has 4 heterocycles. The molecule has 0 unspecified atom stereocenters. The van der Waals surface area contributed by atoms with Gasteiger partial charge in [0.15, 0.2) is 5.82 Å². The molecule has 2 fully saturated rings. The average molecular weight is 570 g/mol. The summed E-state index contributed by atoms with van der Waals surface area (Å²) < 4.78 is 44.8. The molecule has 218 valence electrons. The van der Waals surface area contributed by atoms with Crippen molar-refractivity contribution in [3.8, 4) is 11.4 Å². The molecular formula is C27H35FN10O3. The third-order valence-electron chi connectivity index (χ3n) is 7.56.